The Morgan fingerprint density at radius 2 is 2.15 bits per heavy atom. The monoisotopic (exact) mass is 178 g/mol. The van der Waals surface area contributed by atoms with Crippen molar-refractivity contribution < 1.29 is 0 Å². The van der Waals surface area contributed by atoms with Crippen molar-refractivity contribution in [2.45, 2.75) is 39.2 Å². The normalized spacial score (nSPS) is 11.7. The summed E-state index contributed by atoms with van der Waals surface area (Å²) in [6, 6.07) is 4.05. The molecular weight excluding hydrogens is 160 g/mol. The van der Waals surface area contributed by atoms with E-state index in [1.807, 2.05) is 26.1 Å². The molecule has 0 saturated heterocycles. The third-order valence-corrected chi connectivity index (χ3v) is 2.12. The molecule has 0 spiro atoms. The molecule has 0 aliphatic heterocycles. The molecule has 0 aliphatic rings. The molecule has 0 bridgehead atoms. The molecule has 0 radical (unpaired) electrons. The van der Waals surface area contributed by atoms with E-state index in [-0.39, 0.29) is 5.54 Å². The zero-order chi connectivity index (χ0) is 9.90. The van der Waals surface area contributed by atoms with Crippen LogP contribution in [0.2, 0.25) is 0 Å². The van der Waals surface area contributed by atoms with E-state index < -0.39 is 0 Å². The van der Waals surface area contributed by atoms with Gasteiger partial charge in [0.1, 0.15) is 0 Å². The van der Waals surface area contributed by atoms with E-state index in [0.29, 0.717) is 0 Å². The maximum atomic E-state index is 5.91. The fraction of sp³-hybridized carbons (Fsp3) is 0.545. The molecule has 1 heterocycles. The SMILES string of the molecule is Cc1cccnc1CCC(C)(C)N. The number of pyridine rings is 1. The molecule has 1 aromatic rings. The van der Waals surface area contributed by atoms with Gasteiger partial charge < -0.3 is 5.73 Å². The van der Waals surface area contributed by atoms with E-state index in [1.165, 1.54) is 11.3 Å². The molecule has 0 aromatic carbocycles. The Kier molecular flexibility index (Phi) is 3.04. The summed E-state index contributed by atoms with van der Waals surface area (Å²) in [4.78, 5) is 4.33. The Hall–Kier alpha value is -0.890. The number of hydrogen-bond donors (Lipinski definition) is 1. The number of nitrogens with two attached hydrogens (primary N) is 1. The van der Waals surface area contributed by atoms with Gasteiger partial charge >= 0.3 is 0 Å². The van der Waals surface area contributed by atoms with Crippen molar-refractivity contribution in [3.8, 4) is 0 Å². The van der Waals surface area contributed by atoms with E-state index in [2.05, 4.69) is 18.0 Å². The lowest BCUT2D eigenvalue weighted by atomic mass is 9.97. The van der Waals surface area contributed by atoms with Crippen molar-refractivity contribution in [1.82, 2.24) is 4.98 Å². The van der Waals surface area contributed by atoms with Crippen molar-refractivity contribution in [1.29, 1.82) is 0 Å². The van der Waals surface area contributed by atoms with Crippen LogP contribution in [0.15, 0.2) is 18.3 Å². The molecule has 72 valence electrons. The first-order valence-electron chi connectivity index (χ1n) is 4.68. The van der Waals surface area contributed by atoms with Crippen molar-refractivity contribution in [3.05, 3.63) is 29.6 Å². The van der Waals surface area contributed by atoms with E-state index in [9.17, 15) is 0 Å². The zero-order valence-corrected chi connectivity index (χ0v) is 8.67. The topological polar surface area (TPSA) is 38.9 Å². The molecule has 0 fully saturated rings. The van der Waals surface area contributed by atoms with Gasteiger partial charge in [0.25, 0.3) is 0 Å². The van der Waals surface area contributed by atoms with Crippen LogP contribution >= 0.6 is 0 Å². The lowest BCUT2D eigenvalue weighted by molar-refractivity contribution is 0.473. The average molecular weight is 178 g/mol. The van der Waals surface area contributed by atoms with Crippen LogP contribution in [0, 0.1) is 6.92 Å². The van der Waals surface area contributed by atoms with Gasteiger partial charge in [-0.3, -0.25) is 4.98 Å². The first-order valence-corrected chi connectivity index (χ1v) is 4.68. The fourth-order valence-electron chi connectivity index (χ4n) is 1.22. The second-order valence-corrected chi connectivity index (χ2v) is 4.26. The molecule has 0 unspecified atom stereocenters. The maximum Gasteiger partial charge on any atom is 0.0433 e. The summed E-state index contributed by atoms with van der Waals surface area (Å²) in [6.45, 7) is 6.18. The largest absolute Gasteiger partial charge is 0.326 e. The van der Waals surface area contributed by atoms with Crippen molar-refractivity contribution >= 4 is 0 Å². The second kappa shape index (κ2) is 3.88. The summed E-state index contributed by atoms with van der Waals surface area (Å²) in [5, 5.41) is 0. The first kappa shape index (κ1) is 10.2. The van der Waals surface area contributed by atoms with E-state index in [4.69, 9.17) is 5.73 Å². The predicted molar refractivity (Wildman–Crippen MR) is 55.6 cm³/mol. The van der Waals surface area contributed by atoms with Crippen molar-refractivity contribution in [3.63, 3.8) is 0 Å². The number of hydrogen-bond acceptors (Lipinski definition) is 2. The van der Waals surface area contributed by atoms with Crippen molar-refractivity contribution in [2.24, 2.45) is 5.73 Å². The van der Waals surface area contributed by atoms with Gasteiger partial charge in [-0.15, -0.1) is 0 Å². The molecule has 1 aromatic heterocycles. The lowest BCUT2D eigenvalue weighted by Gasteiger charge is -2.18. The van der Waals surface area contributed by atoms with Crippen LogP contribution in [0.3, 0.4) is 0 Å². The molecule has 0 atom stereocenters. The third kappa shape index (κ3) is 3.55. The van der Waals surface area contributed by atoms with Crippen LogP contribution in [-0.4, -0.2) is 10.5 Å². The number of aryl methyl sites for hydroxylation is 2. The summed E-state index contributed by atoms with van der Waals surface area (Å²) in [5.74, 6) is 0. The van der Waals surface area contributed by atoms with Gasteiger partial charge in [0.2, 0.25) is 0 Å². The van der Waals surface area contributed by atoms with Gasteiger partial charge in [-0.1, -0.05) is 6.07 Å². The highest BCUT2D eigenvalue weighted by molar-refractivity contribution is 5.17. The van der Waals surface area contributed by atoms with Crippen LogP contribution in [0.4, 0.5) is 0 Å². The Labute approximate surface area is 80.2 Å². The quantitative estimate of drug-likeness (QED) is 0.769. The molecular formula is C11H18N2. The van der Waals surface area contributed by atoms with Crippen LogP contribution in [0.5, 0.6) is 0 Å². The molecule has 0 amide bonds. The van der Waals surface area contributed by atoms with Crippen molar-refractivity contribution in [2.75, 3.05) is 0 Å². The summed E-state index contributed by atoms with van der Waals surface area (Å²) in [6.07, 6.45) is 3.78. The highest BCUT2D eigenvalue weighted by atomic mass is 14.7. The minimum atomic E-state index is -0.0933. The highest BCUT2D eigenvalue weighted by Crippen LogP contribution is 2.11. The molecule has 2 nitrogen and oxygen atoms in total. The van der Waals surface area contributed by atoms with Crippen LogP contribution in [-0.2, 0) is 6.42 Å². The minimum absolute atomic E-state index is 0.0933. The van der Waals surface area contributed by atoms with Crippen LogP contribution < -0.4 is 5.73 Å². The van der Waals surface area contributed by atoms with E-state index in [0.717, 1.165) is 12.8 Å². The number of nitrogens with zero attached hydrogens (tertiary/aromatic N) is 1. The van der Waals surface area contributed by atoms with Gasteiger partial charge in [-0.05, 0) is 45.2 Å². The van der Waals surface area contributed by atoms with Crippen LogP contribution in [0.1, 0.15) is 31.5 Å². The maximum absolute atomic E-state index is 5.91. The van der Waals surface area contributed by atoms with Gasteiger partial charge in [0.05, 0.1) is 0 Å². The summed E-state index contributed by atoms with van der Waals surface area (Å²) < 4.78 is 0. The standard InChI is InChI=1S/C11H18N2/c1-9-5-4-8-13-10(9)6-7-11(2,3)12/h4-5,8H,6-7,12H2,1-3H3. The molecule has 13 heavy (non-hydrogen) atoms. The molecule has 0 saturated carbocycles. The smallest absolute Gasteiger partial charge is 0.0433 e. The van der Waals surface area contributed by atoms with E-state index in [1.54, 1.807) is 0 Å². The van der Waals surface area contributed by atoms with Gasteiger partial charge in [-0.2, -0.15) is 0 Å². The van der Waals surface area contributed by atoms with E-state index >= 15 is 0 Å². The fourth-order valence-corrected chi connectivity index (χ4v) is 1.22. The lowest BCUT2D eigenvalue weighted by Crippen LogP contribution is -2.32. The third-order valence-electron chi connectivity index (χ3n) is 2.12. The number of aromatic nitrogens is 1. The van der Waals surface area contributed by atoms with Crippen LogP contribution in [0.25, 0.3) is 0 Å². The molecule has 2 N–H and O–H groups in total. The first-order chi connectivity index (χ1) is 5.99. The molecule has 2 heteroatoms. The summed E-state index contributed by atoms with van der Waals surface area (Å²) in [7, 11) is 0. The Bertz CT molecular complexity index is 274. The Balaban J connectivity index is 2.60. The molecule has 1 rings (SSSR count). The second-order valence-electron chi connectivity index (χ2n) is 4.26. The van der Waals surface area contributed by atoms with Gasteiger partial charge in [0, 0.05) is 17.4 Å². The zero-order valence-electron chi connectivity index (χ0n) is 8.67. The summed E-state index contributed by atoms with van der Waals surface area (Å²) >= 11 is 0. The Morgan fingerprint density at radius 3 is 2.69 bits per heavy atom. The molecule has 0 aliphatic carbocycles. The van der Waals surface area contributed by atoms with Gasteiger partial charge in [0.15, 0.2) is 0 Å². The summed E-state index contributed by atoms with van der Waals surface area (Å²) in [5.41, 5.74) is 8.24. The Morgan fingerprint density at radius 1 is 1.46 bits per heavy atom. The van der Waals surface area contributed by atoms with Gasteiger partial charge in [-0.25, -0.2) is 0 Å². The highest BCUT2D eigenvalue weighted by Gasteiger charge is 2.11. The predicted octanol–water partition coefficient (Wildman–Crippen LogP) is 2.06. The average Bonchev–Trinajstić information content (AvgIpc) is 2.01. The number of rotatable bonds is 3. The minimum Gasteiger partial charge on any atom is -0.326 e.